The number of ketones is 1. The molecule has 1 amide bonds. The Hall–Kier alpha value is -2.63. The Bertz CT molecular complexity index is 821. The number of phenols is 1. The SMILES string of the molecule is CC(=O)c1c(C)nn(CC(=O)N(Cc2cccc(O)c2)C2CC2)c1C. The molecular formula is C19H23N3O3. The average molecular weight is 341 g/mol. The monoisotopic (exact) mass is 341 g/mol. The van der Waals surface area contributed by atoms with Crippen LogP contribution in [0.2, 0.25) is 0 Å². The number of aromatic nitrogens is 2. The van der Waals surface area contributed by atoms with E-state index >= 15 is 0 Å². The summed E-state index contributed by atoms with van der Waals surface area (Å²) in [7, 11) is 0. The lowest BCUT2D eigenvalue weighted by Crippen LogP contribution is -2.35. The second-order valence-electron chi connectivity index (χ2n) is 6.68. The number of rotatable bonds is 6. The number of benzene rings is 1. The van der Waals surface area contributed by atoms with Crippen molar-refractivity contribution in [3.05, 3.63) is 46.8 Å². The van der Waals surface area contributed by atoms with Gasteiger partial charge in [-0.3, -0.25) is 14.3 Å². The Morgan fingerprint density at radius 3 is 2.60 bits per heavy atom. The molecule has 6 heteroatoms. The van der Waals surface area contributed by atoms with Gasteiger partial charge in [0.1, 0.15) is 12.3 Å². The Morgan fingerprint density at radius 1 is 1.32 bits per heavy atom. The summed E-state index contributed by atoms with van der Waals surface area (Å²) in [5.41, 5.74) is 2.88. The van der Waals surface area contributed by atoms with Gasteiger partial charge in [-0.15, -0.1) is 0 Å². The standard InChI is InChI=1S/C19H23N3O3/c1-12-19(14(3)23)13(2)22(20-12)11-18(25)21(16-7-8-16)10-15-5-4-6-17(24)9-15/h4-6,9,16,24H,7-8,10-11H2,1-3H3. The van der Waals surface area contributed by atoms with E-state index < -0.39 is 0 Å². The molecule has 1 saturated carbocycles. The molecule has 0 aliphatic heterocycles. The molecule has 25 heavy (non-hydrogen) atoms. The number of amides is 1. The fraction of sp³-hybridized carbons (Fsp3) is 0.421. The summed E-state index contributed by atoms with van der Waals surface area (Å²) < 4.78 is 1.62. The first kappa shape index (κ1) is 17.2. The lowest BCUT2D eigenvalue weighted by molar-refractivity contribution is -0.133. The summed E-state index contributed by atoms with van der Waals surface area (Å²) in [6.07, 6.45) is 2.00. The number of carbonyl (C=O) groups excluding carboxylic acids is 2. The van der Waals surface area contributed by atoms with Crippen LogP contribution < -0.4 is 0 Å². The van der Waals surface area contributed by atoms with Gasteiger partial charge in [0.2, 0.25) is 5.91 Å². The van der Waals surface area contributed by atoms with Crippen molar-refractivity contribution >= 4 is 11.7 Å². The van der Waals surface area contributed by atoms with Crippen LogP contribution in [0.3, 0.4) is 0 Å². The van der Waals surface area contributed by atoms with Gasteiger partial charge in [0.05, 0.1) is 11.3 Å². The van der Waals surface area contributed by atoms with Crippen molar-refractivity contribution in [2.75, 3.05) is 0 Å². The number of nitrogens with zero attached hydrogens (tertiary/aromatic N) is 3. The summed E-state index contributed by atoms with van der Waals surface area (Å²) in [5.74, 6) is 0.143. The maximum Gasteiger partial charge on any atom is 0.244 e. The third-order valence-corrected chi connectivity index (χ3v) is 4.59. The molecule has 6 nitrogen and oxygen atoms in total. The molecule has 1 heterocycles. The van der Waals surface area contributed by atoms with E-state index in [0.29, 0.717) is 17.8 Å². The second-order valence-corrected chi connectivity index (χ2v) is 6.68. The average Bonchev–Trinajstić information content (AvgIpc) is 3.32. The molecule has 0 spiro atoms. The van der Waals surface area contributed by atoms with Crippen LogP contribution in [0.1, 0.15) is 47.1 Å². The van der Waals surface area contributed by atoms with E-state index in [1.807, 2.05) is 17.9 Å². The van der Waals surface area contributed by atoms with Gasteiger partial charge < -0.3 is 10.0 Å². The summed E-state index contributed by atoms with van der Waals surface area (Å²) in [6, 6.07) is 7.23. The molecule has 1 aromatic carbocycles. The molecule has 1 aliphatic rings. The third kappa shape index (κ3) is 3.73. The quantitative estimate of drug-likeness (QED) is 0.820. The number of hydrogen-bond acceptors (Lipinski definition) is 4. The van der Waals surface area contributed by atoms with Gasteiger partial charge in [-0.1, -0.05) is 12.1 Å². The maximum atomic E-state index is 12.8. The molecule has 0 unspecified atom stereocenters. The molecule has 0 atom stereocenters. The van der Waals surface area contributed by atoms with Crippen molar-refractivity contribution in [1.29, 1.82) is 0 Å². The predicted octanol–water partition coefficient (Wildman–Crippen LogP) is 2.60. The molecule has 0 saturated heterocycles. The normalized spacial score (nSPS) is 13.7. The molecule has 3 rings (SSSR count). The molecule has 1 fully saturated rings. The van der Waals surface area contributed by atoms with Gasteiger partial charge in [0.25, 0.3) is 0 Å². The molecule has 132 valence electrons. The zero-order valence-electron chi connectivity index (χ0n) is 14.8. The number of aryl methyl sites for hydroxylation is 1. The van der Waals surface area contributed by atoms with E-state index in [1.54, 1.807) is 29.8 Å². The van der Waals surface area contributed by atoms with E-state index in [2.05, 4.69) is 5.10 Å². The third-order valence-electron chi connectivity index (χ3n) is 4.59. The van der Waals surface area contributed by atoms with E-state index in [0.717, 1.165) is 24.1 Å². The molecule has 1 aromatic heterocycles. The van der Waals surface area contributed by atoms with Gasteiger partial charge in [-0.05, 0) is 51.3 Å². The Kier molecular flexibility index (Phi) is 4.61. The molecule has 1 N–H and O–H groups in total. The number of aromatic hydroxyl groups is 1. The minimum absolute atomic E-state index is 0.0217. The van der Waals surface area contributed by atoms with Crippen molar-refractivity contribution < 1.29 is 14.7 Å². The Balaban J connectivity index is 1.78. The zero-order chi connectivity index (χ0) is 18.1. The van der Waals surface area contributed by atoms with E-state index in [4.69, 9.17) is 0 Å². The summed E-state index contributed by atoms with van der Waals surface area (Å²) >= 11 is 0. The van der Waals surface area contributed by atoms with Crippen LogP contribution in [-0.4, -0.2) is 37.5 Å². The maximum absolute atomic E-state index is 12.8. The smallest absolute Gasteiger partial charge is 0.244 e. The molecule has 1 aliphatic carbocycles. The fourth-order valence-corrected chi connectivity index (χ4v) is 3.24. The number of Topliss-reactive ketones (excluding diaryl/α,β-unsaturated/α-hetero) is 1. The Labute approximate surface area is 147 Å². The van der Waals surface area contributed by atoms with Gasteiger partial charge >= 0.3 is 0 Å². The first-order valence-electron chi connectivity index (χ1n) is 8.49. The van der Waals surface area contributed by atoms with Crippen LogP contribution in [-0.2, 0) is 17.9 Å². The second kappa shape index (κ2) is 6.70. The van der Waals surface area contributed by atoms with Crippen LogP contribution >= 0.6 is 0 Å². The summed E-state index contributed by atoms with van der Waals surface area (Å²) in [4.78, 5) is 26.4. The number of hydrogen-bond donors (Lipinski definition) is 1. The van der Waals surface area contributed by atoms with E-state index in [9.17, 15) is 14.7 Å². The lowest BCUT2D eigenvalue weighted by atomic mass is 10.1. The zero-order valence-corrected chi connectivity index (χ0v) is 14.8. The summed E-state index contributed by atoms with van der Waals surface area (Å²) in [6.45, 7) is 5.71. The van der Waals surface area contributed by atoms with Crippen LogP contribution in [0.15, 0.2) is 24.3 Å². The van der Waals surface area contributed by atoms with Crippen LogP contribution in [0.5, 0.6) is 5.75 Å². The van der Waals surface area contributed by atoms with Crippen LogP contribution in [0.25, 0.3) is 0 Å². The fourth-order valence-electron chi connectivity index (χ4n) is 3.24. The van der Waals surface area contributed by atoms with Crippen molar-refractivity contribution in [2.24, 2.45) is 0 Å². The van der Waals surface area contributed by atoms with Gasteiger partial charge in [-0.2, -0.15) is 5.10 Å². The summed E-state index contributed by atoms with van der Waals surface area (Å²) in [5, 5.41) is 14.0. The van der Waals surface area contributed by atoms with Crippen molar-refractivity contribution in [1.82, 2.24) is 14.7 Å². The molecule has 0 bridgehead atoms. The van der Waals surface area contributed by atoms with Crippen LogP contribution in [0, 0.1) is 13.8 Å². The first-order valence-corrected chi connectivity index (χ1v) is 8.49. The van der Waals surface area contributed by atoms with Gasteiger partial charge in [0, 0.05) is 18.3 Å². The minimum Gasteiger partial charge on any atom is -0.508 e. The number of phenolic OH excluding ortho intramolecular Hbond substituents is 1. The van der Waals surface area contributed by atoms with Gasteiger partial charge in [0.15, 0.2) is 5.78 Å². The minimum atomic E-state index is -0.0347. The van der Waals surface area contributed by atoms with E-state index in [1.165, 1.54) is 6.92 Å². The molecule has 0 radical (unpaired) electrons. The highest BCUT2D eigenvalue weighted by Crippen LogP contribution is 2.29. The Morgan fingerprint density at radius 2 is 2.04 bits per heavy atom. The molecule has 2 aromatic rings. The van der Waals surface area contributed by atoms with Gasteiger partial charge in [-0.25, -0.2) is 0 Å². The number of carbonyl (C=O) groups is 2. The largest absolute Gasteiger partial charge is 0.508 e. The van der Waals surface area contributed by atoms with Crippen molar-refractivity contribution in [3.63, 3.8) is 0 Å². The van der Waals surface area contributed by atoms with Crippen LogP contribution in [0.4, 0.5) is 0 Å². The highest BCUT2D eigenvalue weighted by molar-refractivity contribution is 5.96. The highest BCUT2D eigenvalue weighted by atomic mass is 16.3. The predicted molar refractivity (Wildman–Crippen MR) is 93.4 cm³/mol. The van der Waals surface area contributed by atoms with E-state index in [-0.39, 0.29) is 30.0 Å². The highest BCUT2D eigenvalue weighted by Gasteiger charge is 2.33. The lowest BCUT2D eigenvalue weighted by Gasteiger charge is -2.23. The van der Waals surface area contributed by atoms with Crippen molar-refractivity contribution in [2.45, 2.75) is 52.7 Å². The first-order chi connectivity index (χ1) is 11.9. The van der Waals surface area contributed by atoms with Crippen molar-refractivity contribution in [3.8, 4) is 5.75 Å². The molecular weight excluding hydrogens is 318 g/mol. The topological polar surface area (TPSA) is 75.4 Å².